The van der Waals surface area contributed by atoms with Gasteiger partial charge in [-0.1, -0.05) is 48.5 Å². The average Bonchev–Trinajstić information content (AvgIpc) is 2.81. The number of hydrogen-bond donors (Lipinski definition) is 1. The van der Waals surface area contributed by atoms with Crippen LogP contribution in [0.4, 0.5) is 15.3 Å². The minimum absolute atomic E-state index is 0.0721. The minimum Gasteiger partial charge on any atom is -0.467 e. The van der Waals surface area contributed by atoms with E-state index in [0.29, 0.717) is 5.69 Å². The molecule has 0 aliphatic carbocycles. The topological polar surface area (TPSA) is 105 Å². The van der Waals surface area contributed by atoms with Crippen molar-refractivity contribution in [2.24, 2.45) is 0 Å². The molecular weight excluding hydrogens is 450 g/mol. The largest absolute Gasteiger partial charge is 0.467 e. The third-order valence-electron chi connectivity index (χ3n) is 5.44. The fraction of sp³-hybridized carbons (Fsp3) is 0.385. The molecule has 9 nitrogen and oxygen atoms in total. The predicted octanol–water partition coefficient (Wildman–Crippen LogP) is 3.52. The van der Waals surface area contributed by atoms with Crippen molar-refractivity contribution in [2.45, 2.75) is 51.3 Å². The molecule has 2 aromatic rings. The van der Waals surface area contributed by atoms with Crippen LogP contribution in [0.2, 0.25) is 0 Å². The van der Waals surface area contributed by atoms with Crippen LogP contribution in [0, 0.1) is 0 Å². The molecule has 0 aromatic heterocycles. The lowest BCUT2D eigenvalue weighted by Crippen LogP contribution is -2.64. The number of urea groups is 1. The fourth-order valence-corrected chi connectivity index (χ4v) is 3.94. The van der Waals surface area contributed by atoms with Gasteiger partial charge in [0.2, 0.25) is 5.91 Å². The van der Waals surface area contributed by atoms with Crippen molar-refractivity contribution >= 4 is 29.7 Å². The van der Waals surface area contributed by atoms with Gasteiger partial charge in [0.1, 0.15) is 11.6 Å². The predicted molar refractivity (Wildman–Crippen MR) is 130 cm³/mol. The Balaban J connectivity index is 1.95. The van der Waals surface area contributed by atoms with Gasteiger partial charge in [-0.3, -0.25) is 4.79 Å². The van der Waals surface area contributed by atoms with Crippen molar-refractivity contribution in [3.63, 3.8) is 0 Å². The van der Waals surface area contributed by atoms with E-state index in [-0.39, 0.29) is 19.4 Å². The molecule has 1 heterocycles. The van der Waals surface area contributed by atoms with E-state index in [1.54, 1.807) is 51.1 Å². The summed E-state index contributed by atoms with van der Waals surface area (Å²) in [7, 11) is 1.25. The van der Waals surface area contributed by atoms with E-state index >= 15 is 0 Å². The van der Waals surface area contributed by atoms with E-state index in [1.807, 2.05) is 30.3 Å². The second-order valence-corrected chi connectivity index (χ2v) is 9.22. The summed E-state index contributed by atoms with van der Waals surface area (Å²) in [5, 5.41) is 2.63. The number of para-hydroxylation sites is 1. The van der Waals surface area contributed by atoms with E-state index in [0.717, 1.165) is 10.5 Å². The number of anilines is 1. The van der Waals surface area contributed by atoms with Crippen LogP contribution in [0.3, 0.4) is 0 Å². The summed E-state index contributed by atoms with van der Waals surface area (Å²) in [4.78, 5) is 54.4. The molecule has 4 amide bonds. The molecule has 2 aromatic carbocycles. The van der Waals surface area contributed by atoms with Crippen molar-refractivity contribution in [1.82, 2.24) is 10.2 Å². The summed E-state index contributed by atoms with van der Waals surface area (Å²) < 4.78 is 10.3. The number of benzene rings is 2. The van der Waals surface area contributed by atoms with Crippen molar-refractivity contribution < 1.29 is 28.7 Å². The molecule has 1 fully saturated rings. The standard InChI is InChI=1S/C26H31N3O6/c1-26(2,3)35-24(32)27-17-20-16-22(30)29(19-13-9-6-10-14-19)25(33)28(20)21(23(31)34-4)15-18-11-7-5-8-12-18/h5-14,20-21H,15-17H2,1-4H3,(H,27,32)/t20?,21-/m0/s1. The number of hydrogen-bond acceptors (Lipinski definition) is 6. The van der Waals surface area contributed by atoms with Crippen LogP contribution in [0.15, 0.2) is 60.7 Å². The maximum atomic E-state index is 13.8. The molecule has 1 N–H and O–H groups in total. The molecular formula is C26H31N3O6. The first-order valence-corrected chi connectivity index (χ1v) is 11.4. The first-order chi connectivity index (χ1) is 16.6. The quantitative estimate of drug-likeness (QED) is 0.607. The molecule has 186 valence electrons. The van der Waals surface area contributed by atoms with Gasteiger partial charge in [-0.05, 0) is 38.5 Å². The van der Waals surface area contributed by atoms with Gasteiger partial charge < -0.3 is 19.7 Å². The van der Waals surface area contributed by atoms with Crippen LogP contribution in [0.1, 0.15) is 32.8 Å². The number of esters is 1. The van der Waals surface area contributed by atoms with Crippen molar-refractivity contribution in [3.05, 3.63) is 66.2 Å². The van der Waals surface area contributed by atoms with Gasteiger partial charge in [-0.15, -0.1) is 0 Å². The van der Waals surface area contributed by atoms with E-state index < -0.39 is 41.7 Å². The van der Waals surface area contributed by atoms with Gasteiger partial charge in [-0.25, -0.2) is 19.3 Å². The number of nitrogens with one attached hydrogen (secondary N) is 1. The number of carbonyl (C=O) groups is 4. The maximum Gasteiger partial charge on any atom is 0.407 e. The van der Waals surface area contributed by atoms with E-state index in [1.165, 1.54) is 12.0 Å². The molecule has 1 aliphatic heterocycles. The van der Waals surface area contributed by atoms with Crippen LogP contribution in [-0.2, 0) is 25.5 Å². The molecule has 0 saturated carbocycles. The summed E-state index contributed by atoms with van der Waals surface area (Å²) in [6.45, 7) is 5.13. The number of amides is 4. The zero-order valence-electron chi connectivity index (χ0n) is 20.4. The van der Waals surface area contributed by atoms with Crippen molar-refractivity contribution in [1.29, 1.82) is 0 Å². The Morgan fingerprint density at radius 1 is 1.03 bits per heavy atom. The number of rotatable bonds is 7. The zero-order chi connectivity index (χ0) is 25.6. The van der Waals surface area contributed by atoms with Gasteiger partial charge in [0.25, 0.3) is 0 Å². The zero-order valence-corrected chi connectivity index (χ0v) is 20.4. The summed E-state index contributed by atoms with van der Waals surface area (Å²) in [6, 6.07) is 15.3. The van der Waals surface area contributed by atoms with Gasteiger partial charge in [0.05, 0.1) is 18.8 Å². The van der Waals surface area contributed by atoms with Crippen LogP contribution >= 0.6 is 0 Å². The summed E-state index contributed by atoms with van der Waals surface area (Å²) in [5.74, 6) is -1.05. The van der Waals surface area contributed by atoms with E-state index in [4.69, 9.17) is 9.47 Å². The monoisotopic (exact) mass is 481 g/mol. The Labute approximate surface area is 205 Å². The first-order valence-electron chi connectivity index (χ1n) is 11.4. The molecule has 35 heavy (non-hydrogen) atoms. The maximum absolute atomic E-state index is 13.8. The van der Waals surface area contributed by atoms with Crippen molar-refractivity contribution in [2.75, 3.05) is 18.6 Å². The number of carbonyl (C=O) groups excluding carboxylic acids is 4. The molecule has 0 bridgehead atoms. The number of alkyl carbamates (subject to hydrolysis) is 1. The highest BCUT2D eigenvalue weighted by Gasteiger charge is 2.45. The minimum atomic E-state index is -1.01. The second-order valence-electron chi connectivity index (χ2n) is 9.22. The molecule has 1 aliphatic rings. The lowest BCUT2D eigenvalue weighted by Gasteiger charge is -2.43. The number of methoxy groups -OCH3 is 1. The SMILES string of the molecule is COC(=O)[C@H](Cc1ccccc1)N1C(=O)N(c2ccccc2)C(=O)CC1CNC(=O)OC(C)(C)C. The highest BCUT2D eigenvalue weighted by molar-refractivity contribution is 6.16. The molecule has 2 atom stereocenters. The average molecular weight is 482 g/mol. The molecule has 1 saturated heterocycles. The van der Waals surface area contributed by atoms with E-state index in [2.05, 4.69) is 5.32 Å². The third-order valence-corrected chi connectivity index (χ3v) is 5.44. The van der Waals surface area contributed by atoms with Gasteiger partial charge in [0, 0.05) is 19.4 Å². The summed E-state index contributed by atoms with van der Waals surface area (Å²) in [6.07, 6.45) is -0.599. The van der Waals surface area contributed by atoms with Crippen LogP contribution in [0.5, 0.6) is 0 Å². The number of nitrogens with zero attached hydrogens (tertiary/aromatic N) is 2. The molecule has 1 unspecified atom stereocenters. The normalized spacial score (nSPS) is 17.1. The fourth-order valence-electron chi connectivity index (χ4n) is 3.94. The van der Waals surface area contributed by atoms with Gasteiger partial charge >= 0.3 is 18.1 Å². The summed E-state index contributed by atoms with van der Waals surface area (Å²) in [5.41, 5.74) is 0.501. The summed E-state index contributed by atoms with van der Waals surface area (Å²) >= 11 is 0. The highest BCUT2D eigenvalue weighted by atomic mass is 16.6. The molecule has 9 heteroatoms. The molecule has 0 radical (unpaired) electrons. The lowest BCUT2D eigenvalue weighted by atomic mass is 9.99. The Bertz CT molecular complexity index is 1050. The Hall–Kier alpha value is -3.88. The Morgan fingerprint density at radius 2 is 1.63 bits per heavy atom. The molecule has 3 rings (SSSR count). The van der Waals surface area contributed by atoms with Crippen LogP contribution < -0.4 is 10.2 Å². The molecule has 0 spiro atoms. The second kappa shape index (κ2) is 11.0. The Kier molecular flexibility index (Phi) is 8.11. The smallest absolute Gasteiger partial charge is 0.407 e. The van der Waals surface area contributed by atoms with Crippen LogP contribution in [-0.4, -0.2) is 60.2 Å². The first kappa shape index (κ1) is 25.7. The van der Waals surface area contributed by atoms with Crippen molar-refractivity contribution in [3.8, 4) is 0 Å². The number of imide groups is 1. The highest BCUT2D eigenvalue weighted by Crippen LogP contribution is 2.27. The van der Waals surface area contributed by atoms with Gasteiger partial charge in [-0.2, -0.15) is 0 Å². The van der Waals surface area contributed by atoms with E-state index in [9.17, 15) is 19.2 Å². The third kappa shape index (κ3) is 6.59. The van der Waals surface area contributed by atoms with Crippen LogP contribution in [0.25, 0.3) is 0 Å². The number of ether oxygens (including phenoxy) is 2. The Morgan fingerprint density at radius 3 is 2.20 bits per heavy atom. The van der Waals surface area contributed by atoms with Gasteiger partial charge in [0.15, 0.2) is 0 Å². The lowest BCUT2D eigenvalue weighted by molar-refractivity contribution is -0.147.